The van der Waals surface area contributed by atoms with E-state index in [0.717, 1.165) is 60.3 Å². The van der Waals surface area contributed by atoms with E-state index in [0.29, 0.717) is 6.54 Å². The second-order valence-electron chi connectivity index (χ2n) is 7.62. The van der Waals surface area contributed by atoms with Crippen molar-refractivity contribution in [1.29, 1.82) is 0 Å². The van der Waals surface area contributed by atoms with Gasteiger partial charge in [0.25, 0.3) is 0 Å². The summed E-state index contributed by atoms with van der Waals surface area (Å²) in [7, 11) is 0. The van der Waals surface area contributed by atoms with Gasteiger partial charge in [0.1, 0.15) is 11.6 Å². The molecule has 162 valence electrons. The van der Waals surface area contributed by atoms with Crippen LogP contribution in [-0.2, 0) is 22.5 Å². The van der Waals surface area contributed by atoms with Crippen molar-refractivity contribution >= 4 is 11.7 Å². The van der Waals surface area contributed by atoms with E-state index in [1.54, 1.807) is 23.0 Å². The number of hydrogen-bond donors (Lipinski definition) is 1. The first kappa shape index (κ1) is 21.0. The van der Waals surface area contributed by atoms with Crippen LogP contribution >= 0.6 is 0 Å². The van der Waals surface area contributed by atoms with Gasteiger partial charge in [-0.25, -0.2) is 14.1 Å². The SMILES string of the molecule is Cc1nn(-c2ccc(F)cc2)c(C)c1CC(=O)NCc1ccc(N2CCOCC2)nc1. The van der Waals surface area contributed by atoms with Crippen LogP contribution < -0.4 is 10.2 Å². The summed E-state index contributed by atoms with van der Waals surface area (Å²) in [6.45, 7) is 7.33. The van der Waals surface area contributed by atoms with Crippen LogP contribution in [0.3, 0.4) is 0 Å². The van der Waals surface area contributed by atoms with Gasteiger partial charge >= 0.3 is 0 Å². The van der Waals surface area contributed by atoms with Crippen molar-refractivity contribution in [2.24, 2.45) is 0 Å². The molecule has 3 aromatic rings. The van der Waals surface area contributed by atoms with Crippen LogP contribution in [0.2, 0.25) is 0 Å². The second-order valence-corrected chi connectivity index (χ2v) is 7.62. The molecule has 8 heteroatoms. The molecule has 0 spiro atoms. The molecule has 1 fully saturated rings. The molecule has 0 atom stereocenters. The summed E-state index contributed by atoms with van der Waals surface area (Å²) in [6, 6.07) is 10.1. The number of ether oxygens (including phenoxy) is 1. The van der Waals surface area contributed by atoms with E-state index in [4.69, 9.17) is 4.74 Å². The van der Waals surface area contributed by atoms with E-state index in [2.05, 4.69) is 20.3 Å². The van der Waals surface area contributed by atoms with Crippen LogP contribution in [-0.4, -0.2) is 47.0 Å². The standard InChI is InChI=1S/C23H26FN5O2/c1-16-21(17(2)29(27-16)20-6-4-19(24)5-7-20)13-23(30)26-15-18-3-8-22(25-14-18)28-9-11-31-12-10-28/h3-8,14H,9-13,15H2,1-2H3,(H,26,30). The molecule has 1 aromatic carbocycles. The third-order valence-corrected chi connectivity index (χ3v) is 5.48. The second kappa shape index (κ2) is 9.26. The van der Waals surface area contributed by atoms with Crippen molar-refractivity contribution in [3.05, 3.63) is 70.9 Å². The molecule has 3 heterocycles. The normalized spacial score (nSPS) is 14.0. The lowest BCUT2D eigenvalue weighted by atomic mass is 10.1. The Balaban J connectivity index is 1.36. The fraction of sp³-hybridized carbons (Fsp3) is 0.348. The van der Waals surface area contributed by atoms with Crippen molar-refractivity contribution in [1.82, 2.24) is 20.1 Å². The number of amides is 1. The summed E-state index contributed by atoms with van der Waals surface area (Å²) in [5.41, 5.74) is 4.24. The topological polar surface area (TPSA) is 72.3 Å². The first-order valence-electron chi connectivity index (χ1n) is 10.4. The molecule has 1 N–H and O–H groups in total. The molecule has 7 nitrogen and oxygen atoms in total. The molecule has 1 aliphatic heterocycles. The van der Waals surface area contributed by atoms with Gasteiger partial charge in [0.05, 0.1) is 31.0 Å². The third kappa shape index (κ3) is 4.91. The van der Waals surface area contributed by atoms with E-state index in [1.165, 1.54) is 12.1 Å². The first-order valence-corrected chi connectivity index (χ1v) is 10.4. The minimum atomic E-state index is -0.294. The number of pyridine rings is 1. The molecule has 2 aromatic heterocycles. The summed E-state index contributed by atoms with van der Waals surface area (Å²) >= 11 is 0. The highest BCUT2D eigenvalue weighted by atomic mass is 19.1. The lowest BCUT2D eigenvalue weighted by Gasteiger charge is -2.27. The number of nitrogens with zero attached hydrogens (tertiary/aromatic N) is 4. The van der Waals surface area contributed by atoms with Gasteiger partial charge in [0, 0.05) is 37.1 Å². The number of rotatable bonds is 6. The van der Waals surface area contributed by atoms with Crippen LogP contribution in [0.5, 0.6) is 0 Å². The summed E-state index contributed by atoms with van der Waals surface area (Å²) in [5, 5.41) is 7.48. The zero-order chi connectivity index (χ0) is 21.8. The van der Waals surface area contributed by atoms with Gasteiger partial charge in [-0.3, -0.25) is 4.79 Å². The summed E-state index contributed by atoms with van der Waals surface area (Å²) in [5.74, 6) is 0.553. The smallest absolute Gasteiger partial charge is 0.224 e. The molecule has 0 radical (unpaired) electrons. The maximum absolute atomic E-state index is 13.2. The molecular formula is C23H26FN5O2. The molecule has 1 amide bonds. The lowest BCUT2D eigenvalue weighted by molar-refractivity contribution is -0.120. The first-order chi connectivity index (χ1) is 15.0. The molecule has 31 heavy (non-hydrogen) atoms. The van der Waals surface area contributed by atoms with Crippen molar-refractivity contribution < 1.29 is 13.9 Å². The van der Waals surface area contributed by atoms with Gasteiger partial charge in [0.2, 0.25) is 5.91 Å². The van der Waals surface area contributed by atoms with E-state index < -0.39 is 0 Å². The Bertz CT molecular complexity index is 1040. The molecule has 1 saturated heterocycles. The minimum absolute atomic E-state index is 0.0814. The Morgan fingerprint density at radius 3 is 2.55 bits per heavy atom. The Morgan fingerprint density at radius 2 is 1.87 bits per heavy atom. The Kier molecular flexibility index (Phi) is 6.27. The number of hydrogen-bond acceptors (Lipinski definition) is 5. The van der Waals surface area contributed by atoms with E-state index in [-0.39, 0.29) is 18.1 Å². The predicted octanol–water partition coefficient (Wildman–Crippen LogP) is 2.72. The maximum Gasteiger partial charge on any atom is 0.224 e. The molecular weight excluding hydrogens is 397 g/mol. The van der Waals surface area contributed by atoms with Crippen molar-refractivity contribution in [3.63, 3.8) is 0 Å². The number of carbonyl (C=O) groups is 1. The van der Waals surface area contributed by atoms with Crippen LogP contribution in [0.15, 0.2) is 42.6 Å². The molecule has 1 aliphatic rings. The van der Waals surface area contributed by atoms with Gasteiger partial charge in [0.15, 0.2) is 0 Å². The van der Waals surface area contributed by atoms with Crippen LogP contribution in [0.4, 0.5) is 10.2 Å². The van der Waals surface area contributed by atoms with Crippen LogP contribution in [0.1, 0.15) is 22.5 Å². The quantitative estimate of drug-likeness (QED) is 0.660. The highest BCUT2D eigenvalue weighted by Crippen LogP contribution is 2.19. The molecule has 0 bridgehead atoms. The average molecular weight is 423 g/mol. The summed E-state index contributed by atoms with van der Waals surface area (Å²) in [6.07, 6.45) is 2.03. The van der Waals surface area contributed by atoms with Gasteiger partial charge in [-0.15, -0.1) is 0 Å². The molecule has 0 saturated carbocycles. The number of morpholine rings is 1. The zero-order valence-corrected chi connectivity index (χ0v) is 17.8. The Labute approximate surface area is 180 Å². The molecule has 4 rings (SSSR count). The number of anilines is 1. The van der Waals surface area contributed by atoms with Gasteiger partial charge in [-0.05, 0) is 49.7 Å². The fourth-order valence-corrected chi connectivity index (χ4v) is 3.69. The largest absolute Gasteiger partial charge is 0.378 e. The van der Waals surface area contributed by atoms with Crippen LogP contribution in [0, 0.1) is 19.7 Å². The highest BCUT2D eigenvalue weighted by molar-refractivity contribution is 5.79. The number of aromatic nitrogens is 3. The zero-order valence-electron chi connectivity index (χ0n) is 17.8. The van der Waals surface area contributed by atoms with Crippen molar-refractivity contribution in [3.8, 4) is 5.69 Å². The van der Waals surface area contributed by atoms with Gasteiger partial charge in [-0.2, -0.15) is 5.10 Å². The monoisotopic (exact) mass is 423 g/mol. The molecule has 0 aliphatic carbocycles. The van der Waals surface area contributed by atoms with Gasteiger partial charge in [-0.1, -0.05) is 6.07 Å². The summed E-state index contributed by atoms with van der Waals surface area (Å²) < 4.78 is 20.3. The Hall–Kier alpha value is -3.26. The van der Waals surface area contributed by atoms with Crippen LogP contribution in [0.25, 0.3) is 5.69 Å². The number of nitrogens with one attached hydrogen (secondary N) is 1. The molecule has 0 unspecified atom stereocenters. The summed E-state index contributed by atoms with van der Waals surface area (Å²) in [4.78, 5) is 19.3. The predicted molar refractivity (Wildman–Crippen MR) is 116 cm³/mol. The number of carbonyl (C=O) groups excluding carboxylic acids is 1. The van der Waals surface area contributed by atoms with E-state index in [1.807, 2.05) is 26.0 Å². The van der Waals surface area contributed by atoms with E-state index >= 15 is 0 Å². The Morgan fingerprint density at radius 1 is 1.13 bits per heavy atom. The third-order valence-electron chi connectivity index (χ3n) is 5.48. The minimum Gasteiger partial charge on any atom is -0.378 e. The van der Waals surface area contributed by atoms with Crippen molar-refractivity contribution in [2.45, 2.75) is 26.8 Å². The fourth-order valence-electron chi connectivity index (χ4n) is 3.69. The number of halogens is 1. The average Bonchev–Trinajstić information content (AvgIpc) is 3.07. The lowest BCUT2D eigenvalue weighted by Crippen LogP contribution is -2.36. The van der Waals surface area contributed by atoms with E-state index in [9.17, 15) is 9.18 Å². The van der Waals surface area contributed by atoms with Crippen molar-refractivity contribution in [2.75, 3.05) is 31.2 Å². The van der Waals surface area contributed by atoms with Gasteiger partial charge < -0.3 is 15.0 Å². The number of benzene rings is 1. The highest BCUT2D eigenvalue weighted by Gasteiger charge is 2.16. The number of aryl methyl sites for hydroxylation is 1. The maximum atomic E-state index is 13.2.